The zero-order valence-electron chi connectivity index (χ0n) is 16.6. The van der Waals surface area contributed by atoms with Crippen LogP contribution < -0.4 is 5.32 Å². The molecule has 152 valence electrons. The van der Waals surface area contributed by atoms with Crippen molar-refractivity contribution in [3.63, 3.8) is 0 Å². The summed E-state index contributed by atoms with van der Waals surface area (Å²) in [7, 11) is 0. The van der Waals surface area contributed by atoms with E-state index in [1.54, 1.807) is 23.5 Å². The largest absolute Gasteiger partial charge is 0.322 e. The summed E-state index contributed by atoms with van der Waals surface area (Å²) >= 11 is 3.26. The second kappa shape index (κ2) is 9.41. The molecule has 1 atom stereocenters. The number of hydrogen-bond donors (Lipinski definition) is 1. The number of thioether (sulfide) groups is 2. The number of amides is 2. The van der Waals surface area contributed by atoms with Crippen molar-refractivity contribution in [1.29, 1.82) is 0 Å². The third kappa shape index (κ3) is 4.71. The number of rotatable bonds is 6. The molecule has 30 heavy (non-hydrogen) atoms. The highest BCUT2D eigenvalue weighted by molar-refractivity contribution is 8.00. The molecule has 1 saturated heterocycles. The van der Waals surface area contributed by atoms with Gasteiger partial charge in [0.05, 0.1) is 5.75 Å². The van der Waals surface area contributed by atoms with E-state index in [0.717, 1.165) is 21.7 Å². The van der Waals surface area contributed by atoms with Gasteiger partial charge in [0, 0.05) is 22.7 Å². The number of carbonyl (C=O) groups excluding carboxylic acids is 2. The molecule has 1 aliphatic heterocycles. The highest BCUT2D eigenvalue weighted by Crippen LogP contribution is 2.39. The summed E-state index contributed by atoms with van der Waals surface area (Å²) in [5.41, 5.74) is 3.52. The Morgan fingerprint density at radius 2 is 1.83 bits per heavy atom. The molecular weight excluding hydrogens is 412 g/mol. The quantitative estimate of drug-likeness (QED) is 0.525. The van der Waals surface area contributed by atoms with E-state index in [-0.39, 0.29) is 17.2 Å². The summed E-state index contributed by atoms with van der Waals surface area (Å²) in [5.74, 6) is 0.478. The molecule has 1 N–H and O–H groups in total. The van der Waals surface area contributed by atoms with Crippen molar-refractivity contribution >= 4 is 41.0 Å². The van der Waals surface area contributed by atoms with E-state index < -0.39 is 0 Å². The Morgan fingerprint density at radius 1 is 1.07 bits per heavy atom. The molecule has 6 heteroatoms. The second-order valence-corrected chi connectivity index (χ2v) is 8.93. The molecule has 0 saturated carbocycles. The second-order valence-electron chi connectivity index (χ2n) is 6.98. The van der Waals surface area contributed by atoms with Crippen LogP contribution >= 0.6 is 23.5 Å². The fourth-order valence-electron chi connectivity index (χ4n) is 3.38. The predicted octanol–water partition coefficient (Wildman–Crippen LogP) is 5.44. The Hall–Kier alpha value is -2.70. The van der Waals surface area contributed by atoms with Gasteiger partial charge in [-0.1, -0.05) is 48.5 Å². The van der Waals surface area contributed by atoms with Crippen LogP contribution in [0, 0.1) is 0 Å². The van der Waals surface area contributed by atoms with Gasteiger partial charge in [0.2, 0.25) is 5.91 Å². The summed E-state index contributed by atoms with van der Waals surface area (Å²) in [4.78, 5) is 28.1. The van der Waals surface area contributed by atoms with Crippen LogP contribution in [-0.4, -0.2) is 28.7 Å². The minimum Gasteiger partial charge on any atom is -0.322 e. The van der Waals surface area contributed by atoms with E-state index in [1.807, 2.05) is 90.0 Å². The summed E-state index contributed by atoms with van der Waals surface area (Å²) in [6.07, 6.45) is 2.01. The Kier molecular flexibility index (Phi) is 6.45. The normalized spacial score (nSPS) is 16.0. The van der Waals surface area contributed by atoms with Gasteiger partial charge in [-0.25, -0.2) is 0 Å². The lowest BCUT2D eigenvalue weighted by atomic mass is 10.1. The number of hydrogen-bond acceptors (Lipinski definition) is 4. The molecule has 3 aromatic carbocycles. The maximum Gasteiger partial charge on any atom is 0.255 e. The van der Waals surface area contributed by atoms with E-state index in [0.29, 0.717) is 17.9 Å². The van der Waals surface area contributed by atoms with Gasteiger partial charge in [-0.15, -0.1) is 23.5 Å². The molecule has 4 rings (SSSR count). The average molecular weight is 435 g/mol. The minimum absolute atomic E-state index is 0.0342. The molecule has 3 aromatic rings. The number of nitrogens with zero attached hydrogens (tertiary/aromatic N) is 1. The van der Waals surface area contributed by atoms with E-state index in [2.05, 4.69) is 5.32 Å². The maximum atomic E-state index is 12.6. The van der Waals surface area contributed by atoms with Gasteiger partial charge < -0.3 is 10.2 Å². The van der Waals surface area contributed by atoms with Crippen molar-refractivity contribution in [2.45, 2.75) is 16.8 Å². The molecule has 2 amide bonds. The molecule has 0 radical (unpaired) electrons. The van der Waals surface area contributed by atoms with Crippen molar-refractivity contribution in [2.24, 2.45) is 0 Å². The van der Waals surface area contributed by atoms with Crippen LogP contribution in [-0.2, 0) is 11.3 Å². The molecule has 0 spiro atoms. The molecule has 0 bridgehead atoms. The van der Waals surface area contributed by atoms with Crippen LogP contribution in [0.2, 0.25) is 0 Å². The number of nitrogens with one attached hydrogen (secondary N) is 1. The molecule has 0 aromatic heterocycles. The van der Waals surface area contributed by atoms with E-state index in [9.17, 15) is 9.59 Å². The van der Waals surface area contributed by atoms with Crippen LogP contribution in [0.1, 0.15) is 26.9 Å². The molecule has 1 aliphatic rings. The molecule has 1 fully saturated rings. The van der Waals surface area contributed by atoms with E-state index in [1.165, 1.54) is 0 Å². The zero-order chi connectivity index (χ0) is 20.9. The minimum atomic E-state index is -0.143. The lowest BCUT2D eigenvalue weighted by Crippen LogP contribution is -2.27. The van der Waals surface area contributed by atoms with Crippen LogP contribution in [0.15, 0.2) is 83.8 Å². The Bertz CT molecular complexity index is 1040. The highest BCUT2D eigenvalue weighted by Gasteiger charge is 2.32. The molecule has 0 aliphatic carbocycles. The summed E-state index contributed by atoms with van der Waals surface area (Å²) < 4.78 is 0. The fourth-order valence-corrected chi connectivity index (χ4v) is 5.03. The van der Waals surface area contributed by atoms with Crippen LogP contribution in [0.4, 0.5) is 5.69 Å². The first kappa shape index (κ1) is 20.6. The third-order valence-electron chi connectivity index (χ3n) is 4.95. The first-order valence-corrected chi connectivity index (χ1v) is 11.9. The Labute approximate surface area is 185 Å². The van der Waals surface area contributed by atoms with Gasteiger partial charge in [0.1, 0.15) is 5.37 Å². The van der Waals surface area contributed by atoms with Crippen LogP contribution in [0.5, 0.6) is 0 Å². The fraction of sp³-hybridized carbons (Fsp3) is 0.167. The molecule has 4 nitrogen and oxygen atoms in total. The maximum absolute atomic E-state index is 12.6. The summed E-state index contributed by atoms with van der Waals surface area (Å²) in [5, 5.41) is 2.91. The topological polar surface area (TPSA) is 49.4 Å². The average Bonchev–Trinajstić information content (AvgIpc) is 3.14. The molecule has 1 heterocycles. The van der Waals surface area contributed by atoms with Crippen molar-refractivity contribution in [1.82, 2.24) is 4.90 Å². The zero-order valence-corrected chi connectivity index (χ0v) is 18.2. The van der Waals surface area contributed by atoms with Gasteiger partial charge in [0.25, 0.3) is 5.91 Å². The predicted molar refractivity (Wildman–Crippen MR) is 125 cm³/mol. The number of carbonyl (C=O) groups is 2. The monoisotopic (exact) mass is 434 g/mol. The van der Waals surface area contributed by atoms with E-state index >= 15 is 0 Å². The van der Waals surface area contributed by atoms with Gasteiger partial charge >= 0.3 is 0 Å². The SMILES string of the molecule is CSc1cccc(NC(=O)c2ccc(C3SCC(=O)N3Cc3ccccc3)cc2)c1. The number of anilines is 1. The van der Waals surface area contributed by atoms with Gasteiger partial charge in [-0.2, -0.15) is 0 Å². The van der Waals surface area contributed by atoms with Gasteiger partial charge in [-0.3, -0.25) is 9.59 Å². The van der Waals surface area contributed by atoms with Gasteiger partial charge in [0.15, 0.2) is 0 Å². The van der Waals surface area contributed by atoms with E-state index in [4.69, 9.17) is 0 Å². The Morgan fingerprint density at radius 3 is 2.57 bits per heavy atom. The first-order chi connectivity index (χ1) is 14.6. The van der Waals surface area contributed by atoms with Crippen molar-refractivity contribution in [3.05, 3.63) is 95.6 Å². The Balaban J connectivity index is 1.46. The van der Waals surface area contributed by atoms with Crippen LogP contribution in [0.25, 0.3) is 0 Å². The lowest BCUT2D eigenvalue weighted by Gasteiger charge is -2.24. The molecular formula is C24H22N2O2S2. The molecule has 1 unspecified atom stereocenters. The third-order valence-corrected chi connectivity index (χ3v) is 6.93. The standard InChI is InChI=1S/C24H22N2O2S2/c1-29-21-9-5-8-20(14-21)25-23(28)18-10-12-19(13-11-18)24-26(22(27)16-30-24)15-17-6-3-2-4-7-17/h2-14,24H,15-16H2,1H3,(H,25,28). The van der Waals surface area contributed by atoms with Crippen molar-refractivity contribution in [3.8, 4) is 0 Å². The summed E-state index contributed by atoms with van der Waals surface area (Å²) in [6, 6.07) is 25.3. The smallest absolute Gasteiger partial charge is 0.255 e. The van der Waals surface area contributed by atoms with Gasteiger partial charge in [-0.05, 0) is 47.7 Å². The lowest BCUT2D eigenvalue weighted by molar-refractivity contribution is -0.128. The summed E-state index contributed by atoms with van der Waals surface area (Å²) in [6.45, 7) is 0.589. The first-order valence-electron chi connectivity index (χ1n) is 9.64. The van der Waals surface area contributed by atoms with Crippen molar-refractivity contribution < 1.29 is 9.59 Å². The highest BCUT2D eigenvalue weighted by atomic mass is 32.2. The van der Waals surface area contributed by atoms with Crippen LogP contribution in [0.3, 0.4) is 0 Å². The van der Waals surface area contributed by atoms with Crippen molar-refractivity contribution in [2.75, 3.05) is 17.3 Å². The number of benzene rings is 3.